The average Bonchev–Trinajstić information content (AvgIpc) is 2.59. The number of nitrogens with one attached hydrogen (secondary N) is 1. The fourth-order valence-corrected chi connectivity index (χ4v) is 4.76. The smallest absolute Gasteiger partial charge is 0.265 e. The Labute approximate surface area is 154 Å². The van der Waals surface area contributed by atoms with E-state index < -0.39 is 0 Å². The minimum atomic E-state index is -0.0769. The van der Waals surface area contributed by atoms with Gasteiger partial charge < -0.3 is 11.1 Å². The van der Waals surface area contributed by atoms with Crippen molar-refractivity contribution >= 4 is 24.2 Å². The molecule has 6 heteroatoms. The van der Waals surface area contributed by atoms with E-state index in [0.717, 1.165) is 24.8 Å². The summed E-state index contributed by atoms with van der Waals surface area (Å²) in [5.41, 5.74) is 8.84. The SMILES string of the molecule is CN=C1CC(C2=CCC(N)C(S)C2)C(C2CCC(F)=C(C)C2)NC1=O. The highest BCUT2D eigenvalue weighted by atomic mass is 32.1. The van der Waals surface area contributed by atoms with E-state index in [1.807, 2.05) is 6.92 Å². The minimum Gasteiger partial charge on any atom is -0.347 e. The Hall–Kier alpha value is -1.14. The fraction of sp³-hybridized carbons (Fsp3) is 0.684. The number of nitrogens with two attached hydrogens (primary N) is 1. The topological polar surface area (TPSA) is 67.5 Å². The van der Waals surface area contributed by atoms with Crippen LogP contribution in [0.15, 0.2) is 28.0 Å². The van der Waals surface area contributed by atoms with E-state index in [0.29, 0.717) is 25.0 Å². The molecule has 3 aliphatic rings. The maximum absolute atomic E-state index is 13.8. The first-order chi connectivity index (χ1) is 11.9. The van der Waals surface area contributed by atoms with Crippen molar-refractivity contribution in [3.05, 3.63) is 23.0 Å². The lowest BCUT2D eigenvalue weighted by Crippen LogP contribution is -2.54. The summed E-state index contributed by atoms with van der Waals surface area (Å²) in [5.74, 6) is 0.412. The van der Waals surface area contributed by atoms with E-state index in [1.165, 1.54) is 5.57 Å². The monoisotopic (exact) mass is 365 g/mol. The lowest BCUT2D eigenvalue weighted by Gasteiger charge is -2.42. The Morgan fingerprint density at radius 1 is 1.36 bits per heavy atom. The van der Waals surface area contributed by atoms with Gasteiger partial charge in [0.1, 0.15) is 0 Å². The summed E-state index contributed by atoms with van der Waals surface area (Å²) >= 11 is 4.64. The maximum atomic E-state index is 13.8. The summed E-state index contributed by atoms with van der Waals surface area (Å²) < 4.78 is 13.8. The summed E-state index contributed by atoms with van der Waals surface area (Å²) in [6, 6.07) is 0.110. The molecule has 4 nitrogen and oxygen atoms in total. The van der Waals surface area contributed by atoms with Crippen molar-refractivity contribution < 1.29 is 9.18 Å². The van der Waals surface area contributed by atoms with Gasteiger partial charge >= 0.3 is 0 Å². The highest BCUT2D eigenvalue weighted by molar-refractivity contribution is 7.81. The summed E-state index contributed by atoms with van der Waals surface area (Å²) in [7, 11) is 1.67. The van der Waals surface area contributed by atoms with Gasteiger partial charge in [0.25, 0.3) is 5.91 Å². The van der Waals surface area contributed by atoms with E-state index >= 15 is 0 Å². The Kier molecular flexibility index (Phi) is 5.68. The molecule has 0 saturated carbocycles. The number of piperidine rings is 1. The molecule has 0 aromatic rings. The molecule has 0 bridgehead atoms. The average molecular weight is 366 g/mol. The molecule has 25 heavy (non-hydrogen) atoms. The number of thiol groups is 1. The molecule has 1 heterocycles. The molecular weight excluding hydrogens is 337 g/mol. The highest BCUT2D eigenvalue weighted by Gasteiger charge is 2.41. The van der Waals surface area contributed by atoms with Crippen molar-refractivity contribution in [1.82, 2.24) is 5.32 Å². The lowest BCUT2D eigenvalue weighted by molar-refractivity contribution is -0.117. The van der Waals surface area contributed by atoms with Gasteiger partial charge in [-0.2, -0.15) is 12.6 Å². The van der Waals surface area contributed by atoms with E-state index in [1.54, 1.807) is 7.05 Å². The fourth-order valence-electron chi connectivity index (χ4n) is 4.43. The molecule has 3 rings (SSSR count). The van der Waals surface area contributed by atoms with Gasteiger partial charge in [0.2, 0.25) is 0 Å². The van der Waals surface area contributed by atoms with E-state index in [2.05, 4.69) is 29.0 Å². The van der Waals surface area contributed by atoms with Crippen LogP contribution in [0.1, 0.15) is 45.4 Å². The number of hydrogen-bond acceptors (Lipinski definition) is 4. The van der Waals surface area contributed by atoms with Gasteiger partial charge in [0, 0.05) is 36.7 Å². The van der Waals surface area contributed by atoms with Crippen LogP contribution in [0.3, 0.4) is 0 Å². The molecule has 1 aliphatic heterocycles. The van der Waals surface area contributed by atoms with Crippen LogP contribution in [0.25, 0.3) is 0 Å². The van der Waals surface area contributed by atoms with Gasteiger partial charge in [0.05, 0.1) is 11.5 Å². The van der Waals surface area contributed by atoms with E-state index in [9.17, 15) is 9.18 Å². The van der Waals surface area contributed by atoms with Crippen LogP contribution >= 0.6 is 12.6 Å². The zero-order chi connectivity index (χ0) is 18.1. The number of halogens is 1. The molecule has 1 amide bonds. The van der Waals surface area contributed by atoms with Crippen LogP contribution in [0, 0.1) is 11.8 Å². The van der Waals surface area contributed by atoms with Crippen LogP contribution < -0.4 is 11.1 Å². The molecule has 1 saturated heterocycles. The number of rotatable bonds is 2. The van der Waals surface area contributed by atoms with Crippen molar-refractivity contribution in [1.29, 1.82) is 0 Å². The predicted molar refractivity (Wildman–Crippen MR) is 103 cm³/mol. The number of aliphatic imine (C=N–C) groups is 1. The third-order valence-electron chi connectivity index (χ3n) is 6.02. The second kappa shape index (κ2) is 7.62. The van der Waals surface area contributed by atoms with Crippen LogP contribution in [0.5, 0.6) is 0 Å². The lowest BCUT2D eigenvalue weighted by atomic mass is 9.70. The number of carbonyl (C=O) groups is 1. The predicted octanol–water partition coefficient (Wildman–Crippen LogP) is 2.95. The quantitative estimate of drug-likeness (QED) is 0.520. The zero-order valence-corrected chi connectivity index (χ0v) is 15.9. The number of amides is 1. The Balaban J connectivity index is 1.87. The van der Waals surface area contributed by atoms with Gasteiger partial charge in [-0.3, -0.25) is 9.79 Å². The van der Waals surface area contributed by atoms with E-state index in [-0.39, 0.29) is 40.9 Å². The van der Waals surface area contributed by atoms with Gasteiger partial charge in [-0.05, 0) is 50.5 Å². The summed E-state index contributed by atoms with van der Waals surface area (Å²) in [5, 5.41) is 3.33. The Morgan fingerprint density at radius 2 is 2.12 bits per heavy atom. The molecule has 2 aliphatic carbocycles. The number of hydrogen-bond donors (Lipinski definition) is 3. The Morgan fingerprint density at radius 3 is 2.76 bits per heavy atom. The van der Waals surface area contributed by atoms with Crippen molar-refractivity contribution in [2.75, 3.05) is 7.05 Å². The number of nitrogens with zero attached hydrogens (tertiary/aromatic N) is 1. The molecular formula is C19H28FN3OS. The van der Waals surface area contributed by atoms with Crippen LogP contribution in [-0.2, 0) is 4.79 Å². The van der Waals surface area contributed by atoms with Crippen LogP contribution in [-0.4, -0.2) is 36.0 Å². The number of carbonyl (C=O) groups excluding carboxylic acids is 1. The second-order valence-electron chi connectivity index (χ2n) is 7.62. The van der Waals surface area contributed by atoms with Crippen LogP contribution in [0.2, 0.25) is 0 Å². The summed E-state index contributed by atoms with van der Waals surface area (Å²) in [4.78, 5) is 16.6. The van der Waals surface area contributed by atoms with Gasteiger partial charge in [-0.15, -0.1) is 0 Å². The van der Waals surface area contributed by atoms with Gasteiger partial charge in [0.15, 0.2) is 0 Å². The summed E-state index contributed by atoms with van der Waals surface area (Å²) in [6.07, 6.45) is 6.50. The first kappa shape index (κ1) is 18.6. The minimum absolute atomic E-state index is 0.0176. The number of allylic oxidation sites excluding steroid dienone is 2. The van der Waals surface area contributed by atoms with Crippen LogP contribution in [0.4, 0.5) is 4.39 Å². The van der Waals surface area contributed by atoms with Gasteiger partial charge in [-0.25, -0.2) is 4.39 Å². The molecule has 0 aromatic carbocycles. The molecule has 0 radical (unpaired) electrons. The van der Waals surface area contributed by atoms with Crippen molar-refractivity contribution in [2.24, 2.45) is 22.6 Å². The molecule has 1 fully saturated rings. The Bertz CT molecular complexity index is 643. The van der Waals surface area contributed by atoms with Crippen molar-refractivity contribution in [3.63, 3.8) is 0 Å². The zero-order valence-electron chi connectivity index (χ0n) is 15.0. The molecule has 5 unspecified atom stereocenters. The molecule has 5 atom stereocenters. The van der Waals surface area contributed by atoms with Crippen molar-refractivity contribution in [2.45, 2.75) is 62.8 Å². The normalized spacial score (nSPS) is 38.6. The van der Waals surface area contributed by atoms with Crippen molar-refractivity contribution in [3.8, 4) is 0 Å². The largest absolute Gasteiger partial charge is 0.347 e. The van der Waals surface area contributed by atoms with E-state index in [4.69, 9.17) is 5.73 Å². The standard InChI is InChI=1S/C19H28FN3OS/c1-10-7-12(3-5-14(10)20)18-13(9-16(22-2)19(24)23-18)11-4-6-15(21)17(25)8-11/h4,12-13,15,17-18,25H,3,5-9,21H2,1-2H3,(H,23,24). The molecule has 0 spiro atoms. The first-order valence-electron chi connectivity index (χ1n) is 9.14. The molecule has 3 N–H and O–H groups in total. The maximum Gasteiger partial charge on any atom is 0.265 e. The first-order valence-corrected chi connectivity index (χ1v) is 9.65. The molecule has 0 aromatic heterocycles. The summed E-state index contributed by atoms with van der Waals surface area (Å²) in [6.45, 7) is 1.86. The third kappa shape index (κ3) is 3.85. The second-order valence-corrected chi connectivity index (χ2v) is 8.28. The molecule has 138 valence electrons. The van der Waals surface area contributed by atoms with Gasteiger partial charge in [-0.1, -0.05) is 11.6 Å². The highest BCUT2D eigenvalue weighted by Crippen LogP contribution is 2.40. The third-order valence-corrected chi connectivity index (χ3v) is 6.58.